The molecule has 0 radical (unpaired) electrons. The van der Waals surface area contributed by atoms with Crippen molar-refractivity contribution in [3.8, 4) is 5.75 Å². The molecule has 2 aliphatic rings. The van der Waals surface area contributed by atoms with E-state index in [0.717, 1.165) is 29.4 Å². The molecule has 2 fully saturated rings. The van der Waals surface area contributed by atoms with Crippen LogP contribution in [0.15, 0.2) is 24.3 Å². The number of rotatable bonds is 7. The summed E-state index contributed by atoms with van der Waals surface area (Å²) in [5, 5.41) is 0. The lowest BCUT2D eigenvalue weighted by molar-refractivity contribution is 0.113. The van der Waals surface area contributed by atoms with Crippen LogP contribution in [0.25, 0.3) is 0 Å². The monoisotopic (exact) mass is 328 g/mol. The topological polar surface area (TPSA) is 9.23 Å². The summed E-state index contributed by atoms with van der Waals surface area (Å²) in [5.41, 5.74) is 1.54. The van der Waals surface area contributed by atoms with E-state index in [1.165, 1.54) is 76.2 Å². The maximum atomic E-state index is 5.30. The third-order valence-electron chi connectivity index (χ3n) is 6.77. The van der Waals surface area contributed by atoms with E-state index in [-0.39, 0.29) is 0 Å². The lowest BCUT2D eigenvalue weighted by Gasteiger charge is -2.42. The highest BCUT2D eigenvalue weighted by Crippen LogP contribution is 2.48. The van der Waals surface area contributed by atoms with Crippen molar-refractivity contribution < 1.29 is 4.74 Å². The maximum Gasteiger partial charge on any atom is 0.118 e. The minimum absolute atomic E-state index is 0.790. The van der Waals surface area contributed by atoms with Gasteiger partial charge in [0.05, 0.1) is 7.11 Å². The summed E-state index contributed by atoms with van der Waals surface area (Å²) in [6.45, 7) is 2.31. The van der Waals surface area contributed by atoms with Gasteiger partial charge in [0.15, 0.2) is 0 Å². The smallest absolute Gasteiger partial charge is 0.118 e. The van der Waals surface area contributed by atoms with E-state index in [1.807, 2.05) is 0 Å². The van der Waals surface area contributed by atoms with Gasteiger partial charge in [-0.2, -0.15) is 0 Å². The summed E-state index contributed by atoms with van der Waals surface area (Å²) in [6, 6.07) is 8.86. The first kappa shape index (κ1) is 17.8. The fraction of sp³-hybridized carbons (Fsp3) is 0.739. The largest absolute Gasteiger partial charge is 0.497 e. The van der Waals surface area contributed by atoms with Gasteiger partial charge >= 0.3 is 0 Å². The van der Waals surface area contributed by atoms with Gasteiger partial charge in [-0.1, -0.05) is 57.6 Å². The number of hydrogen-bond donors (Lipinski definition) is 0. The Kier molecular flexibility index (Phi) is 6.63. The summed E-state index contributed by atoms with van der Waals surface area (Å²) in [5.74, 6) is 4.84. The molecule has 1 aromatic rings. The quantitative estimate of drug-likeness (QED) is 0.491. The van der Waals surface area contributed by atoms with Gasteiger partial charge in [0, 0.05) is 0 Å². The second-order valence-electron chi connectivity index (χ2n) is 8.33. The van der Waals surface area contributed by atoms with Crippen LogP contribution in [-0.2, 0) is 0 Å². The van der Waals surface area contributed by atoms with Gasteiger partial charge in [-0.25, -0.2) is 0 Å². The standard InChI is InChI=1S/C23H36O/c1-3-4-5-6-7-18-8-9-22-17-21(11-10-20(22)16-18)19-12-14-23(24-2)15-13-19/h12-15,18,20-22H,3-11,16-17H2,1-2H3/t18?,20-,21-,22-/m1/s1. The molecule has 0 amide bonds. The Hall–Kier alpha value is -0.980. The van der Waals surface area contributed by atoms with Crippen LogP contribution in [0.4, 0.5) is 0 Å². The minimum atomic E-state index is 0.790. The Labute approximate surface area is 149 Å². The normalized spacial score (nSPS) is 29.9. The van der Waals surface area contributed by atoms with Gasteiger partial charge in [0.1, 0.15) is 5.75 Å². The number of benzene rings is 1. The van der Waals surface area contributed by atoms with Crippen molar-refractivity contribution in [3.05, 3.63) is 29.8 Å². The van der Waals surface area contributed by atoms with Gasteiger partial charge in [-0.15, -0.1) is 0 Å². The van der Waals surface area contributed by atoms with E-state index in [9.17, 15) is 0 Å². The fourth-order valence-electron chi connectivity index (χ4n) is 5.29. The molecule has 24 heavy (non-hydrogen) atoms. The molecule has 2 saturated carbocycles. The van der Waals surface area contributed by atoms with E-state index in [4.69, 9.17) is 4.74 Å². The highest BCUT2D eigenvalue weighted by atomic mass is 16.5. The zero-order valence-corrected chi connectivity index (χ0v) is 15.8. The molecule has 2 aliphatic carbocycles. The molecule has 1 unspecified atom stereocenters. The molecule has 134 valence electrons. The van der Waals surface area contributed by atoms with Crippen molar-refractivity contribution in [2.24, 2.45) is 17.8 Å². The van der Waals surface area contributed by atoms with Crippen LogP contribution in [0.3, 0.4) is 0 Å². The van der Waals surface area contributed by atoms with Gasteiger partial charge < -0.3 is 4.74 Å². The molecule has 0 aromatic heterocycles. The summed E-state index contributed by atoms with van der Waals surface area (Å²) < 4.78 is 5.30. The molecule has 1 nitrogen and oxygen atoms in total. The van der Waals surface area contributed by atoms with Gasteiger partial charge in [-0.05, 0) is 73.5 Å². The van der Waals surface area contributed by atoms with Crippen LogP contribution in [0.1, 0.15) is 89.0 Å². The van der Waals surface area contributed by atoms with Crippen molar-refractivity contribution in [2.75, 3.05) is 7.11 Å². The Morgan fingerprint density at radius 3 is 2.38 bits per heavy atom. The lowest BCUT2D eigenvalue weighted by atomic mass is 9.63. The van der Waals surface area contributed by atoms with Gasteiger partial charge in [0.25, 0.3) is 0 Å². The molecule has 0 N–H and O–H groups in total. The van der Waals surface area contributed by atoms with Crippen molar-refractivity contribution >= 4 is 0 Å². The molecule has 4 atom stereocenters. The van der Waals surface area contributed by atoms with E-state index in [2.05, 4.69) is 31.2 Å². The third kappa shape index (κ3) is 4.55. The second-order valence-corrected chi connectivity index (χ2v) is 8.33. The highest BCUT2D eigenvalue weighted by Gasteiger charge is 2.35. The van der Waals surface area contributed by atoms with Crippen molar-refractivity contribution in [2.45, 2.75) is 83.5 Å². The highest BCUT2D eigenvalue weighted by molar-refractivity contribution is 5.29. The van der Waals surface area contributed by atoms with Crippen LogP contribution in [0.2, 0.25) is 0 Å². The molecule has 0 heterocycles. The summed E-state index contributed by atoms with van der Waals surface area (Å²) in [6.07, 6.45) is 16.1. The van der Waals surface area contributed by atoms with Crippen molar-refractivity contribution in [1.29, 1.82) is 0 Å². The number of unbranched alkanes of at least 4 members (excludes halogenated alkanes) is 3. The SMILES string of the molecule is CCCCCCC1CC[C@@H]2C[C@H](c3ccc(OC)cc3)CC[C@@H]2C1. The second kappa shape index (κ2) is 8.92. The van der Waals surface area contributed by atoms with Crippen LogP contribution in [0, 0.1) is 17.8 Å². The Morgan fingerprint density at radius 2 is 1.62 bits per heavy atom. The summed E-state index contributed by atoms with van der Waals surface area (Å²) in [7, 11) is 1.75. The first-order valence-electron chi connectivity index (χ1n) is 10.4. The molecule has 0 spiro atoms. The number of hydrogen-bond acceptors (Lipinski definition) is 1. The van der Waals surface area contributed by atoms with Gasteiger partial charge in [-0.3, -0.25) is 0 Å². The van der Waals surface area contributed by atoms with E-state index >= 15 is 0 Å². The number of ether oxygens (including phenoxy) is 1. The molecule has 1 aromatic carbocycles. The predicted octanol–water partition coefficient (Wildman–Crippen LogP) is 6.97. The van der Waals surface area contributed by atoms with Crippen LogP contribution >= 0.6 is 0 Å². The first-order chi connectivity index (χ1) is 11.8. The van der Waals surface area contributed by atoms with Gasteiger partial charge in [0.2, 0.25) is 0 Å². The molecule has 3 rings (SSSR count). The molecule has 1 heteroatoms. The fourth-order valence-corrected chi connectivity index (χ4v) is 5.29. The Bertz CT molecular complexity index is 477. The summed E-state index contributed by atoms with van der Waals surface area (Å²) in [4.78, 5) is 0. The summed E-state index contributed by atoms with van der Waals surface area (Å²) >= 11 is 0. The first-order valence-corrected chi connectivity index (χ1v) is 10.4. The number of fused-ring (bicyclic) bond motifs is 1. The zero-order valence-electron chi connectivity index (χ0n) is 15.8. The molecule has 0 bridgehead atoms. The van der Waals surface area contributed by atoms with E-state index < -0.39 is 0 Å². The molecule has 0 aliphatic heterocycles. The van der Waals surface area contributed by atoms with E-state index in [0.29, 0.717) is 0 Å². The van der Waals surface area contributed by atoms with Crippen LogP contribution < -0.4 is 4.74 Å². The van der Waals surface area contributed by atoms with Crippen LogP contribution in [0.5, 0.6) is 5.75 Å². The average molecular weight is 329 g/mol. The molecular weight excluding hydrogens is 292 g/mol. The third-order valence-corrected chi connectivity index (χ3v) is 6.77. The molecule has 0 saturated heterocycles. The molecular formula is C23H36O. The number of methoxy groups -OCH3 is 1. The zero-order chi connectivity index (χ0) is 16.8. The Balaban J connectivity index is 1.47. The lowest BCUT2D eigenvalue weighted by Crippen LogP contribution is -2.30. The predicted molar refractivity (Wildman–Crippen MR) is 103 cm³/mol. The maximum absolute atomic E-state index is 5.30. The van der Waals surface area contributed by atoms with Crippen molar-refractivity contribution in [3.63, 3.8) is 0 Å². The Morgan fingerprint density at radius 1 is 0.875 bits per heavy atom. The average Bonchev–Trinajstić information content (AvgIpc) is 2.65. The van der Waals surface area contributed by atoms with Crippen molar-refractivity contribution in [1.82, 2.24) is 0 Å². The van der Waals surface area contributed by atoms with E-state index in [1.54, 1.807) is 7.11 Å². The van der Waals surface area contributed by atoms with Crippen LogP contribution in [-0.4, -0.2) is 7.11 Å². The minimum Gasteiger partial charge on any atom is -0.497 e.